The highest BCUT2D eigenvalue weighted by molar-refractivity contribution is 6.30. The molecule has 21 heavy (non-hydrogen) atoms. The van der Waals surface area contributed by atoms with Crippen LogP contribution in [0, 0.1) is 11.7 Å². The van der Waals surface area contributed by atoms with Crippen molar-refractivity contribution in [3.63, 3.8) is 0 Å². The van der Waals surface area contributed by atoms with E-state index in [1.54, 1.807) is 12.1 Å². The van der Waals surface area contributed by atoms with Crippen LogP contribution in [0.2, 0.25) is 5.02 Å². The SMILES string of the molecule is O=C(NC(c1ccc(Cl)cc1)C1CC1)c1ccccc1F. The third-order valence-corrected chi connectivity index (χ3v) is 3.98. The average molecular weight is 304 g/mol. The van der Waals surface area contributed by atoms with Gasteiger partial charge in [-0.1, -0.05) is 35.9 Å². The molecule has 108 valence electrons. The molecule has 1 saturated carbocycles. The summed E-state index contributed by atoms with van der Waals surface area (Å²) in [4.78, 5) is 12.3. The number of benzene rings is 2. The maximum Gasteiger partial charge on any atom is 0.254 e. The summed E-state index contributed by atoms with van der Waals surface area (Å²) in [5, 5.41) is 3.61. The van der Waals surface area contributed by atoms with E-state index in [2.05, 4.69) is 5.32 Å². The van der Waals surface area contributed by atoms with Crippen molar-refractivity contribution < 1.29 is 9.18 Å². The van der Waals surface area contributed by atoms with Gasteiger partial charge in [0.05, 0.1) is 11.6 Å². The smallest absolute Gasteiger partial charge is 0.254 e. The molecule has 1 amide bonds. The fourth-order valence-electron chi connectivity index (χ4n) is 2.44. The van der Waals surface area contributed by atoms with Crippen molar-refractivity contribution >= 4 is 17.5 Å². The van der Waals surface area contributed by atoms with Gasteiger partial charge in [-0.15, -0.1) is 0 Å². The van der Waals surface area contributed by atoms with Gasteiger partial charge in [0.25, 0.3) is 5.91 Å². The lowest BCUT2D eigenvalue weighted by molar-refractivity contribution is 0.0927. The molecule has 1 unspecified atom stereocenters. The first-order valence-electron chi connectivity index (χ1n) is 6.96. The molecule has 4 heteroatoms. The summed E-state index contributed by atoms with van der Waals surface area (Å²) < 4.78 is 13.7. The van der Waals surface area contributed by atoms with Gasteiger partial charge in [0, 0.05) is 5.02 Å². The van der Waals surface area contributed by atoms with E-state index in [9.17, 15) is 9.18 Å². The predicted octanol–water partition coefficient (Wildman–Crippen LogP) is 4.36. The molecule has 2 aromatic carbocycles. The lowest BCUT2D eigenvalue weighted by Crippen LogP contribution is -2.30. The van der Waals surface area contributed by atoms with E-state index in [0.717, 1.165) is 18.4 Å². The fraction of sp³-hybridized carbons (Fsp3) is 0.235. The van der Waals surface area contributed by atoms with Crippen molar-refractivity contribution in [1.29, 1.82) is 0 Å². The standard InChI is InChI=1S/C17H15ClFNO/c18-13-9-7-12(8-10-13)16(11-5-6-11)20-17(21)14-3-1-2-4-15(14)19/h1-4,7-11,16H,5-6H2,(H,20,21). The zero-order valence-electron chi connectivity index (χ0n) is 11.4. The van der Waals surface area contributed by atoms with Crippen LogP contribution in [0.25, 0.3) is 0 Å². The van der Waals surface area contributed by atoms with Crippen LogP contribution >= 0.6 is 11.6 Å². The molecule has 1 fully saturated rings. The number of rotatable bonds is 4. The van der Waals surface area contributed by atoms with Crippen molar-refractivity contribution in [1.82, 2.24) is 5.32 Å². The second kappa shape index (κ2) is 5.86. The number of amides is 1. The van der Waals surface area contributed by atoms with E-state index >= 15 is 0 Å². The van der Waals surface area contributed by atoms with E-state index in [1.807, 2.05) is 24.3 Å². The van der Waals surface area contributed by atoms with E-state index in [4.69, 9.17) is 11.6 Å². The maximum atomic E-state index is 13.7. The van der Waals surface area contributed by atoms with Crippen molar-refractivity contribution in [2.45, 2.75) is 18.9 Å². The quantitative estimate of drug-likeness (QED) is 0.893. The molecular formula is C17H15ClFNO. The number of nitrogens with one attached hydrogen (secondary N) is 1. The lowest BCUT2D eigenvalue weighted by Gasteiger charge is -2.19. The van der Waals surface area contributed by atoms with Gasteiger partial charge in [-0.2, -0.15) is 0 Å². The van der Waals surface area contributed by atoms with Crippen LogP contribution in [-0.4, -0.2) is 5.91 Å². The Morgan fingerprint density at radius 3 is 2.43 bits per heavy atom. The second-order valence-corrected chi connectivity index (χ2v) is 5.76. The summed E-state index contributed by atoms with van der Waals surface area (Å²) in [6, 6.07) is 13.4. The Hall–Kier alpha value is -1.87. The molecule has 1 atom stereocenters. The number of carbonyl (C=O) groups excluding carboxylic acids is 1. The highest BCUT2D eigenvalue weighted by Gasteiger charge is 2.33. The van der Waals surface area contributed by atoms with E-state index in [-0.39, 0.29) is 17.5 Å². The molecule has 0 spiro atoms. The number of hydrogen-bond acceptors (Lipinski definition) is 1. The van der Waals surface area contributed by atoms with Crippen LogP contribution < -0.4 is 5.32 Å². The summed E-state index contributed by atoms with van der Waals surface area (Å²) in [6.45, 7) is 0. The summed E-state index contributed by atoms with van der Waals surface area (Å²) in [5.74, 6) is -0.456. The molecule has 0 bridgehead atoms. The molecule has 1 aliphatic carbocycles. The number of hydrogen-bond donors (Lipinski definition) is 1. The monoisotopic (exact) mass is 303 g/mol. The Balaban J connectivity index is 1.81. The highest BCUT2D eigenvalue weighted by atomic mass is 35.5. The summed E-state index contributed by atoms with van der Waals surface area (Å²) in [5.41, 5.74) is 1.09. The molecule has 0 aromatic heterocycles. The Labute approximate surface area is 127 Å². The van der Waals surface area contributed by atoms with Crippen molar-refractivity contribution in [3.05, 3.63) is 70.5 Å². The average Bonchev–Trinajstić information content (AvgIpc) is 3.31. The van der Waals surface area contributed by atoms with E-state index < -0.39 is 5.82 Å². The van der Waals surface area contributed by atoms with Crippen LogP contribution in [-0.2, 0) is 0 Å². The Kier molecular flexibility index (Phi) is 3.93. The van der Waals surface area contributed by atoms with Gasteiger partial charge in [0.2, 0.25) is 0 Å². The van der Waals surface area contributed by atoms with Gasteiger partial charge in [-0.05, 0) is 48.6 Å². The summed E-state index contributed by atoms with van der Waals surface area (Å²) in [6.07, 6.45) is 2.15. The van der Waals surface area contributed by atoms with Gasteiger partial charge in [0.1, 0.15) is 5.82 Å². The molecule has 0 radical (unpaired) electrons. The minimum atomic E-state index is -0.499. The summed E-state index contributed by atoms with van der Waals surface area (Å²) >= 11 is 5.90. The first-order valence-corrected chi connectivity index (χ1v) is 7.34. The topological polar surface area (TPSA) is 29.1 Å². The first kappa shape index (κ1) is 14.1. The van der Waals surface area contributed by atoms with Gasteiger partial charge in [0.15, 0.2) is 0 Å². The predicted molar refractivity (Wildman–Crippen MR) is 80.8 cm³/mol. The van der Waals surface area contributed by atoms with Gasteiger partial charge in [-0.25, -0.2) is 4.39 Å². The molecule has 0 heterocycles. The zero-order valence-corrected chi connectivity index (χ0v) is 12.1. The zero-order chi connectivity index (χ0) is 14.8. The first-order chi connectivity index (χ1) is 10.1. The van der Waals surface area contributed by atoms with E-state index in [0.29, 0.717) is 10.9 Å². The minimum Gasteiger partial charge on any atom is -0.345 e. The molecule has 1 N–H and O–H groups in total. The van der Waals surface area contributed by atoms with Gasteiger partial charge >= 0.3 is 0 Å². The third kappa shape index (κ3) is 3.24. The second-order valence-electron chi connectivity index (χ2n) is 5.32. The van der Waals surface area contributed by atoms with Crippen LogP contribution in [0.4, 0.5) is 4.39 Å². The largest absolute Gasteiger partial charge is 0.345 e. The molecule has 0 saturated heterocycles. The van der Waals surface area contributed by atoms with Crippen LogP contribution in [0.1, 0.15) is 34.8 Å². The minimum absolute atomic E-state index is 0.0807. The van der Waals surface area contributed by atoms with Gasteiger partial charge < -0.3 is 5.32 Å². The third-order valence-electron chi connectivity index (χ3n) is 3.73. The van der Waals surface area contributed by atoms with Crippen molar-refractivity contribution in [2.75, 3.05) is 0 Å². The lowest BCUT2D eigenvalue weighted by atomic mass is 10.0. The maximum absolute atomic E-state index is 13.7. The van der Waals surface area contributed by atoms with Crippen molar-refractivity contribution in [2.24, 2.45) is 5.92 Å². The Morgan fingerprint density at radius 2 is 1.81 bits per heavy atom. The highest BCUT2D eigenvalue weighted by Crippen LogP contribution is 2.41. The number of halogens is 2. The molecule has 2 aromatic rings. The normalized spacial score (nSPS) is 15.5. The van der Waals surface area contributed by atoms with Gasteiger partial charge in [-0.3, -0.25) is 4.79 Å². The van der Waals surface area contributed by atoms with Crippen molar-refractivity contribution in [3.8, 4) is 0 Å². The molecule has 2 nitrogen and oxygen atoms in total. The molecule has 3 rings (SSSR count). The van der Waals surface area contributed by atoms with Crippen LogP contribution in [0.5, 0.6) is 0 Å². The van der Waals surface area contributed by atoms with E-state index in [1.165, 1.54) is 12.1 Å². The van der Waals surface area contributed by atoms with Crippen LogP contribution in [0.3, 0.4) is 0 Å². The van der Waals surface area contributed by atoms with Crippen LogP contribution in [0.15, 0.2) is 48.5 Å². The Bertz CT molecular complexity index is 652. The molecular weight excluding hydrogens is 289 g/mol. The Morgan fingerprint density at radius 1 is 1.14 bits per heavy atom. The fourth-order valence-corrected chi connectivity index (χ4v) is 2.56. The molecule has 0 aliphatic heterocycles. The molecule has 1 aliphatic rings. The summed E-state index contributed by atoms with van der Waals surface area (Å²) in [7, 11) is 0. The number of carbonyl (C=O) groups is 1.